The highest BCUT2D eigenvalue weighted by Gasteiger charge is 2.14. The molecule has 5 N–H and O–H groups in total. The average molecular weight is 695 g/mol. The van der Waals surface area contributed by atoms with E-state index in [1.54, 1.807) is 58.0 Å². The van der Waals surface area contributed by atoms with Gasteiger partial charge in [-0.05, 0) is 34.6 Å². The molecule has 46 heavy (non-hydrogen) atoms. The van der Waals surface area contributed by atoms with Gasteiger partial charge in [0, 0.05) is 50.4 Å². The van der Waals surface area contributed by atoms with Gasteiger partial charge in [0.2, 0.25) is 0 Å². The van der Waals surface area contributed by atoms with Gasteiger partial charge in [0.15, 0.2) is 0 Å². The maximum atomic E-state index is 11.2. The van der Waals surface area contributed by atoms with E-state index < -0.39 is 11.7 Å². The zero-order valence-corrected chi connectivity index (χ0v) is 29.0. The third-order valence-electron chi connectivity index (χ3n) is 3.71. The van der Waals surface area contributed by atoms with Gasteiger partial charge < -0.3 is 26.3 Å². The summed E-state index contributed by atoms with van der Waals surface area (Å²) in [5.41, 5.74) is 12.1. The molecule has 0 aromatic carbocycles. The Morgan fingerprint density at radius 3 is 1.33 bits per heavy atom. The molecule has 250 valence electrons. The third-order valence-corrected chi connectivity index (χ3v) is 3.71. The zero-order chi connectivity index (χ0) is 34.0. The fraction of sp³-hybridized carbons (Fsp3) is 0.387. The number of amides is 1. The number of carbonyl (C=O) groups excluding carboxylic acids is 1. The van der Waals surface area contributed by atoms with Crippen LogP contribution in [0, 0.1) is 35.5 Å². The topological polar surface area (TPSA) is 177 Å². The number of nitrogens with two attached hydrogens (primary N) is 2. The van der Waals surface area contributed by atoms with Gasteiger partial charge in [0.1, 0.15) is 24.6 Å². The molecule has 0 atom stereocenters. The maximum Gasteiger partial charge on any atom is 0.408 e. The van der Waals surface area contributed by atoms with Gasteiger partial charge in [-0.1, -0.05) is 35.5 Å². The Labute approximate surface area is 288 Å². The monoisotopic (exact) mass is 693 g/mol. The normalized spacial score (nSPS) is 8.54. The SMILES string of the molecule is CC(C)(C)OC(=O)NCC#Cc1cncnc1.CCOCC.Cl.ClCCl.NCC#Cc1cncnc1.NCC#Cc1cncnc1. The second kappa shape index (κ2) is 33.8. The highest BCUT2D eigenvalue weighted by molar-refractivity contribution is 6.40. The summed E-state index contributed by atoms with van der Waals surface area (Å²) in [6.07, 6.45) is 13.7. The molecular formula is C31H42Cl3N9O3. The number of rotatable bonds is 3. The first-order chi connectivity index (χ1) is 21.7. The van der Waals surface area contributed by atoms with Gasteiger partial charge in [0.25, 0.3) is 0 Å². The number of halogens is 3. The number of hydrogen-bond acceptors (Lipinski definition) is 11. The lowest BCUT2D eigenvalue weighted by atomic mass is 10.2. The molecule has 0 spiro atoms. The quantitative estimate of drug-likeness (QED) is 0.268. The average Bonchev–Trinajstić information content (AvgIpc) is 3.03. The Bertz CT molecular complexity index is 1260. The standard InChI is InChI=1S/C12H15N3O2.2C7H7N3.C4H10O.CH2Cl2.ClH/c1-12(2,3)17-11(16)15-6-4-5-10-7-13-9-14-8-10;2*8-3-1-2-7-4-9-6-10-5-7;1-3-5-4-2;2-1-3;/h7-9H,6H2,1-3H3,(H,15,16);2*4-6H,3,8H2;3-4H2,1-2H3;1H2;1H. The van der Waals surface area contributed by atoms with Crippen LogP contribution in [0.5, 0.6) is 0 Å². The summed E-state index contributed by atoms with van der Waals surface area (Å²) in [6, 6.07) is 0. The van der Waals surface area contributed by atoms with Crippen molar-refractivity contribution >= 4 is 41.7 Å². The van der Waals surface area contributed by atoms with E-state index >= 15 is 0 Å². The van der Waals surface area contributed by atoms with E-state index in [1.807, 2.05) is 13.8 Å². The van der Waals surface area contributed by atoms with E-state index in [0.29, 0.717) is 18.7 Å². The van der Waals surface area contributed by atoms with Crippen LogP contribution < -0.4 is 16.8 Å². The maximum absolute atomic E-state index is 11.2. The molecule has 0 bridgehead atoms. The van der Waals surface area contributed by atoms with Crippen molar-refractivity contribution in [3.05, 3.63) is 72.9 Å². The molecule has 15 heteroatoms. The number of nitrogens with zero attached hydrogens (tertiary/aromatic N) is 6. The van der Waals surface area contributed by atoms with Crippen molar-refractivity contribution in [3.8, 4) is 35.5 Å². The van der Waals surface area contributed by atoms with Crippen LogP contribution in [-0.2, 0) is 9.47 Å². The zero-order valence-electron chi connectivity index (χ0n) is 26.7. The molecule has 0 aliphatic rings. The van der Waals surface area contributed by atoms with E-state index in [0.717, 1.165) is 24.3 Å². The van der Waals surface area contributed by atoms with E-state index in [2.05, 4.69) is 70.7 Å². The van der Waals surface area contributed by atoms with Crippen molar-refractivity contribution in [1.29, 1.82) is 0 Å². The van der Waals surface area contributed by atoms with Crippen LogP contribution in [0.15, 0.2) is 56.2 Å². The summed E-state index contributed by atoms with van der Waals surface area (Å²) in [6.45, 7) is 12.0. The molecule has 3 aromatic heterocycles. The molecule has 3 aromatic rings. The van der Waals surface area contributed by atoms with Crippen molar-refractivity contribution < 1.29 is 14.3 Å². The Kier molecular flexibility index (Phi) is 34.1. The highest BCUT2D eigenvalue weighted by Crippen LogP contribution is 2.06. The van der Waals surface area contributed by atoms with E-state index in [4.69, 9.17) is 44.1 Å². The third kappa shape index (κ3) is 34.4. The van der Waals surface area contributed by atoms with Crippen LogP contribution in [0.1, 0.15) is 51.3 Å². The molecular weight excluding hydrogens is 653 g/mol. The molecule has 0 unspecified atom stereocenters. The molecule has 0 aliphatic carbocycles. The van der Waals surface area contributed by atoms with Gasteiger partial charge >= 0.3 is 6.09 Å². The number of hydrogen-bond donors (Lipinski definition) is 3. The molecule has 3 rings (SSSR count). The van der Waals surface area contributed by atoms with Gasteiger partial charge in [-0.25, -0.2) is 34.7 Å². The minimum absolute atomic E-state index is 0. The number of carbonyl (C=O) groups is 1. The summed E-state index contributed by atoms with van der Waals surface area (Å²) in [7, 11) is 0. The molecule has 0 radical (unpaired) electrons. The van der Waals surface area contributed by atoms with Crippen LogP contribution in [-0.4, -0.2) is 79.8 Å². The highest BCUT2D eigenvalue weighted by atomic mass is 35.5. The van der Waals surface area contributed by atoms with Crippen LogP contribution in [0.25, 0.3) is 0 Å². The second-order valence-electron chi connectivity index (χ2n) is 8.43. The lowest BCUT2D eigenvalue weighted by Crippen LogP contribution is -2.32. The fourth-order valence-corrected chi connectivity index (χ4v) is 2.18. The first-order valence-electron chi connectivity index (χ1n) is 13.4. The number of alkyl carbamates (subject to hydrolysis) is 1. The summed E-state index contributed by atoms with van der Waals surface area (Å²) in [5.74, 6) is 16.6. The summed E-state index contributed by atoms with van der Waals surface area (Å²) in [4.78, 5) is 34.0. The molecule has 3 heterocycles. The number of alkyl halides is 2. The lowest BCUT2D eigenvalue weighted by molar-refractivity contribution is 0.0535. The summed E-state index contributed by atoms with van der Waals surface area (Å²) >= 11 is 9.53. The van der Waals surface area contributed by atoms with Crippen LogP contribution in [0.2, 0.25) is 0 Å². The molecule has 1 amide bonds. The molecule has 12 nitrogen and oxygen atoms in total. The minimum atomic E-state index is -0.495. The first-order valence-corrected chi connectivity index (χ1v) is 14.5. The Hall–Kier alpha value is -4.06. The lowest BCUT2D eigenvalue weighted by Gasteiger charge is -2.18. The molecule has 0 aliphatic heterocycles. The van der Waals surface area contributed by atoms with Gasteiger partial charge in [0.05, 0.1) is 41.7 Å². The van der Waals surface area contributed by atoms with Crippen molar-refractivity contribution in [1.82, 2.24) is 35.2 Å². The van der Waals surface area contributed by atoms with E-state index in [-0.39, 0.29) is 24.3 Å². The van der Waals surface area contributed by atoms with Crippen molar-refractivity contribution in [3.63, 3.8) is 0 Å². The Morgan fingerprint density at radius 2 is 1.07 bits per heavy atom. The summed E-state index contributed by atoms with van der Waals surface area (Å²) < 4.78 is 9.88. The van der Waals surface area contributed by atoms with Gasteiger partial charge in [-0.2, -0.15) is 0 Å². The summed E-state index contributed by atoms with van der Waals surface area (Å²) in [5, 5.41) is 2.73. The first kappa shape index (κ1) is 46.4. The largest absolute Gasteiger partial charge is 0.444 e. The van der Waals surface area contributed by atoms with Crippen molar-refractivity contribution in [2.45, 2.75) is 40.2 Å². The Morgan fingerprint density at radius 1 is 0.739 bits per heavy atom. The Balaban J connectivity index is -0.000000553. The van der Waals surface area contributed by atoms with Crippen LogP contribution in [0.3, 0.4) is 0 Å². The predicted molar refractivity (Wildman–Crippen MR) is 185 cm³/mol. The van der Waals surface area contributed by atoms with Crippen LogP contribution in [0.4, 0.5) is 4.79 Å². The minimum Gasteiger partial charge on any atom is -0.444 e. The van der Waals surface area contributed by atoms with E-state index in [9.17, 15) is 4.79 Å². The van der Waals surface area contributed by atoms with Crippen LogP contribution >= 0.6 is 35.6 Å². The number of ether oxygens (including phenoxy) is 2. The van der Waals surface area contributed by atoms with Gasteiger partial charge in [-0.15, -0.1) is 35.6 Å². The van der Waals surface area contributed by atoms with E-state index in [1.165, 1.54) is 19.0 Å². The second-order valence-corrected chi connectivity index (χ2v) is 9.24. The molecule has 0 saturated heterocycles. The number of aromatic nitrogens is 6. The van der Waals surface area contributed by atoms with Crippen molar-refractivity contribution in [2.75, 3.05) is 38.2 Å². The molecule has 0 saturated carbocycles. The fourth-order valence-electron chi connectivity index (χ4n) is 2.18. The van der Waals surface area contributed by atoms with Crippen molar-refractivity contribution in [2.24, 2.45) is 11.5 Å². The van der Waals surface area contributed by atoms with Gasteiger partial charge in [-0.3, -0.25) is 0 Å². The smallest absolute Gasteiger partial charge is 0.408 e. The molecule has 0 fully saturated rings. The number of nitrogens with one attached hydrogen (secondary N) is 1. The predicted octanol–water partition coefficient (Wildman–Crippen LogP) is 3.81.